The van der Waals surface area contributed by atoms with Crippen molar-refractivity contribution in [2.75, 3.05) is 23.3 Å². The van der Waals surface area contributed by atoms with Gasteiger partial charge in [0, 0.05) is 35.8 Å². The maximum Gasteiger partial charge on any atom is 0.293 e. The minimum Gasteiger partial charge on any atom is -0.508 e. The first-order valence-electron chi connectivity index (χ1n) is 9.80. The third kappa shape index (κ3) is 4.41. The summed E-state index contributed by atoms with van der Waals surface area (Å²) in [5.74, 6) is -0.383. The highest BCUT2D eigenvalue weighted by Crippen LogP contribution is 2.32. The lowest BCUT2D eigenvalue weighted by Crippen LogP contribution is -2.34. The van der Waals surface area contributed by atoms with Crippen LogP contribution in [0.4, 0.5) is 17.1 Å². The minimum atomic E-state index is -0.536. The number of nitrogens with one attached hydrogen (secondary N) is 2. The molecule has 3 aromatic carbocycles. The Balaban J connectivity index is 1.51. The van der Waals surface area contributed by atoms with E-state index in [1.165, 1.54) is 6.07 Å². The summed E-state index contributed by atoms with van der Waals surface area (Å²) in [6, 6.07) is 14.9. The zero-order valence-corrected chi connectivity index (χ0v) is 17.3. The molecule has 0 bridgehead atoms. The number of anilines is 2. The molecular weight excluding hydrogens is 416 g/mol. The molecule has 3 aromatic rings. The molecule has 31 heavy (non-hydrogen) atoms. The second kappa shape index (κ2) is 8.57. The molecule has 1 aliphatic rings. The minimum absolute atomic E-state index is 0.0665. The Hall–Kier alpha value is -3.72. The van der Waals surface area contributed by atoms with Gasteiger partial charge in [-0.3, -0.25) is 20.2 Å². The monoisotopic (exact) mass is 436 g/mol. The first-order valence-corrected chi connectivity index (χ1v) is 10.2. The standard InChI is InChI=1S/C22H20N4O4S/c27-16-7-8-17-14(12-16)4-3-5-18(17)23-22(31)24-21(28)15-6-9-19(20(13-15)26(29)30)25-10-1-2-11-25/h3-9,12-13,27H,1-2,10-11H2,(H2,23,24,28,31). The number of amides is 1. The maximum absolute atomic E-state index is 12.7. The summed E-state index contributed by atoms with van der Waals surface area (Å²) in [5.41, 5.74) is 1.25. The van der Waals surface area contributed by atoms with E-state index in [4.69, 9.17) is 12.2 Å². The number of rotatable bonds is 4. The predicted octanol–water partition coefficient (Wildman–Crippen LogP) is 4.18. The summed E-state index contributed by atoms with van der Waals surface area (Å²) in [6.45, 7) is 1.53. The highest BCUT2D eigenvalue weighted by atomic mass is 32.1. The highest BCUT2D eigenvalue weighted by molar-refractivity contribution is 7.80. The molecule has 1 aliphatic heterocycles. The summed E-state index contributed by atoms with van der Waals surface area (Å²) >= 11 is 5.26. The third-order valence-corrected chi connectivity index (χ3v) is 5.42. The van der Waals surface area contributed by atoms with E-state index in [0.717, 1.165) is 36.7 Å². The number of phenols is 1. The Labute approximate surface area is 183 Å². The van der Waals surface area contributed by atoms with Gasteiger partial charge in [-0.25, -0.2) is 0 Å². The number of fused-ring (bicyclic) bond motifs is 1. The van der Waals surface area contributed by atoms with Gasteiger partial charge in [0.15, 0.2) is 5.11 Å². The second-order valence-corrected chi connectivity index (χ2v) is 7.68. The molecule has 0 radical (unpaired) electrons. The van der Waals surface area contributed by atoms with Crippen LogP contribution in [0.3, 0.4) is 0 Å². The zero-order chi connectivity index (χ0) is 22.0. The summed E-state index contributed by atoms with van der Waals surface area (Å²) in [4.78, 5) is 25.7. The van der Waals surface area contributed by atoms with Gasteiger partial charge in [0.2, 0.25) is 0 Å². The molecule has 0 saturated carbocycles. The number of aromatic hydroxyl groups is 1. The van der Waals surface area contributed by atoms with Crippen molar-refractivity contribution < 1.29 is 14.8 Å². The Kier molecular flexibility index (Phi) is 5.68. The number of hydrogen-bond acceptors (Lipinski definition) is 6. The topological polar surface area (TPSA) is 108 Å². The number of nitrogens with zero attached hydrogens (tertiary/aromatic N) is 2. The van der Waals surface area contributed by atoms with Crippen LogP contribution >= 0.6 is 12.2 Å². The number of benzene rings is 3. The van der Waals surface area contributed by atoms with Gasteiger partial charge in [-0.1, -0.05) is 12.1 Å². The van der Waals surface area contributed by atoms with Gasteiger partial charge in [-0.2, -0.15) is 0 Å². The number of carbonyl (C=O) groups excluding carboxylic acids is 1. The van der Waals surface area contributed by atoms with Gasteiger partial charge in [0.05, 0.1) is 4.92 Å². The van der Waals surface area contributed by atoms with Crippen LogP contribution in [-0.2, 0) is 0 Å². The van der Waals surface area contributed by atoms with E-state index in [2.05, 4.69) is 10.6 Å². The molecule has 3 N–H and O–H groups in total. The van der Waals surface area contributed by atoms with Crippen molar-refractivity contribution in [1.82, 2.24) is 5.32 Å². The van der Waals surface area contributed by atoms with Crippen LogP contribution in [-0.4, -0.2) is 34.1 Å². The van der Waals surface area contributed by atoms with Crippen LogP contribution in [0.25, 0.3) is 10.8 Å². The smallest absolute Gasteiger partial charge is 0.293 e. The number of nitro benzene ring substituents is 1. The lowest BCUT2D eigenvalue weighted by atomic mass is 10.1. The van der Waals surface area contributed by atoms with Crippen molar-refractivity contribution >= 4 is 51.1 Å². The van der Waals surface area contributed by atoms with Gasteiger partial charge in [-0.05, 0) is 66.8 Å². The van der Waals surface area contributed by atoms with E-state index in [0.29, 0.717) is 11.4 Å². The van der Waals surface area contributed by atoms with Gasteiger partial charge in [-0.15, -0.1) is 0 Å². The molecule has 0 aromatic heterocycles. The Morgan fingerprint density at radius 3 is 2.61 bits per heavy atom. The summed E-state index contributed by atoms with van der Waals surface area (Å²) in [6.07, 6.45) is 1.99. The Morgan fingerprint density at radius 1 is 1.10 bits per heavy atom. The first-order chi connectivity index (χ1) is 14.9. The normalized spacial score (nSPS) is 13.2. The molecule has 4 rings (SSSR count). The SMILES string of the molecule is O=C(NC(=S)Nc1cccc2cc(O)ccc12)c1ccc(N2CCCC2)c([N+](=O)[O-])c1. The molecule has 1 heterocycles. The lowest BCUT2D eigenvalue weighted by Gasteiger charge is -2.18. The molecule has 9 heteroatoms. The Morgan fingerprint density at radius 2 is 1.87 bits per heavy atom. The van der Waals surface area contributed by atoms with Crippen LogP contribution in [0.5, 0.6) is 5.75 Å². The van der Waals surface area contributed by atoms with Crippen molar-refractivity contribution in [1.29, 1.82) is 0 Å². The number of hydrogen-bond donors (Lipinski definition) is 3. The largest absolute Gasteiger partial charge is 0.508 e. The average Bonchev–Trinajstić information content (AvgIpc) is 3.28. The molecule has 0 spiro atoms. The Bertz CT molecular complexity index is 1190. The molecule has 1 fully saturated rings. The second-order valence-electron chi connectivity index (χ2n) is 7.27. The third-order valence-electron chi connectivity index (χ3n) is 5.22. The lowest BCUT2D eigenvalue weighted by molar-refractivity contribution is -0.384. The summed E-state index contributed by atoms with van der Waals surface area (Å²) in [7, 11) is 0. The van der Waals surface area contributed by atoms with Gasteiger partial charge >= 0.3 is 0 Å². The molecule has 0 aliphatic carbocycles. The van der Waals surface area contributed by atoms with E-state index < -0.39 is 10.8 Å². The molecule has 0 atom stereocenters. The molecule has 8 nitrogen and oxygen atoms in total. The van der Waals surface area contributed by atoms with Crippen LogP contribution in [0, 0.1) is 10.1 Å². The average molecular weight is 436 g/mol. The molecule has 158 valence electrons. The first kappa shape index (κ1) is 20.5. The van der Waals surface area contributed by atoms with Crippen molar-refractivity contribution in [2.24, 2.45) is 0 Å². The van der Waals surface area contributed by atoms with E-state index in [-0.39, 0.29) is 22.1 Å². The van der Waals surface area contributed by atoms with Crippen molar-refractivity contribution in [3.05, 3.63) is 70.3 Å². The van der Waals surface area contributed by atoms with E-state index in [1.54, 1.807) is 42.5 Å². The summed E-state index contributed by atoms with van der Waals surface area (Å²) in [5, 5.41) is 28.4. The maximum atomic E-state index is 12.7. The van der Waals surface area contributed by atoms with E-state index >= 15 is 0 Å². The number of carbonyl (C=O) groups is 1. The van der Waals surface area contributed by atoms with Crippen LogP contribution < -0.4 is 15.5 Å². The number of thiocarbonyl (C=S) groups is 1. The van der Waals surface area contributed by atoms with E-state index in [1.807, 2.05) is 11.0 Å². The fourth-order valence-electron chi connectivity index (χ4n) is 3.75. The molecule has 0 unspecified atom stereocenters. The number of phenolic OH excluding ortho intramolecular Hbond substituents is 1. The van der Waals surface area contributed by atoms with Gasteiger partial charge in [0.25, 0.3) is 11.6 Å². The highest BCUT2D eigenvalue weighted by Gasteiger charge is 2.24. The van der Waals surface area contributed by atoms with Crippen molar-refractivity contribution in [3.8, 4) is 5.75 Å². The zero-order valence-electron chi connectivity index (χ0n) is 16.5. The van der Waals surface area contributed by atoms with Crippen molar-refractivity contribution in [2.45, 2.75) is 12.8 Å². The van der Waals surface area contributed by atoms with Gasteiger partial charge in [0.1, 0.15) is 11.4 Å². The fourth-order valence-corrected chi connectivity index (χ4v) is 3.95. The van der Waals surface area contributed by atoms with Crippen LogP contribution in [0.15, 0.2) is 54.6 Å². The fraction of sp³-hybridized carbons (Fsp3) is 0.182. The van der Waals surface area contributed by atoms with E-state index in [9.17, 15) is 20.0 Å². The van der Waals surface area contributed by atoms with Gasteiger partial charge < -0.3 is 15.3 Å². The molecule has 1 amide bonds. The van der Waals surface area contributed by atoms with Crippen LogP contribution in [0.2, 0.25) is 0 Å². The summed E-state index contributed by atoms with van der Waals surface area (Å²) < 4.78 is 0. The molecular formula is C22H20N4O4S. The molecule has 1 saturated heterocycles. The number of nitro groups is 1. The quantitative estimate of drug-likeness (QED) is 0.320. The predicted molar refractivity (Wildman–Crippen MR) is 124 cm³/mol. The van der Waals surface area contributed by atoms with Crippen molar-refractivity contribution in [3.63, 3.8) is 0 Å². The van der Waals surface area contributed by atoms with Crippen LogP contribution in [0.1, 0.15) is 23.2 Å².